The first-order valence-electron chi connectivity index (χ1n) is 5.61. The summed E-state index contributed by atoms with van der Waals surface area (Å²) in [6.07, 6.45) is 2.53. The standard InChI is InChI=1S/C11H19NO3/c1-7-5-12(6-10(7)11(13)14)8-3-9(4-8)15-2/h7-10H,3-6H2,1-2H3,(H,13,14)/t7-,8?,9?,10-/m1/s1. The van der Waals surface area contributed by atoms with Gasteiger partial charge in [0, 0.05) is 26.2 Å². The van der Waals surface area contributed by atoms with Gasteiger partial charge in [-0.05, 0) is 18.8 Å². The van der Waals surface area contributed by atoms with Crippen LogP contribution >= 0.6 is 0 Å². The average Bonchev–Trinajstić information content (AvgIpc) is 2.45. The Balaban J connectivity index is 1.85. The Kier molecular flexibility index (Phi) is 2.98. The molecule has 0 aromatic rings. The Morgan fingerprint density at radius 1 is 1.40 bits per heavy atom. The number of hydrogen-bond acceptors (Lipinski definition) is 3. The second kappa shape index (κ2) is 4.10. The Bertz CT molecular complexity index is 250. The highest BCUT2D eigenvalue weighted by Gasteiger charge is 2.42. The number of carboxylic acid groups (broad SMARTS) is 1. The van der Waals surface area contributed by atoms with E-state index in [9.17, 15) is 4.79 Å². The lowest BCUT2D eigenvalue weighted by Gasteiger charge is -2.40. The fraction of sp³-hybridized carbons (Fsp3) is 0.909. The molecule has 0 unspecified atom stereocenters. The van der Waals surface area contributed by atoms with E-state index in [0.29, 0.717) is 12.1 Å². The van der Waals surface area contributed by atoms with Gasteiger partial charge in [-0.25, -0.2) is 0 Å². The molecule has 4 nitrogen and oxygen atoms in total. The smallest absolute Gasteiger partial charge is 0.308 e. The first-order valence-corrected chi connectivity index (χ1v) is 5.61. The van der Waals surface area contributed by atoms with Crippen LogP contribution in [0.2, 0.25) is 0 Å². The molecule has 2 fully saturated rings. The lowest BCUT2D eigenvalue weighted by atomic mass is 9.88. The van der Waals surface area contributed by atoms with Crippen LogP contribution in [-0.2, 0) is 9.53 Å². The number of rotatable bonds is 3. The second-order valence-electron chi connectivity index (χ2n) is 4.86. The highest BCUT2D eigenvalue weighted by Crippen LogP contribution is 2.33. The zero-order chi connectivity index (χ0) is 11.0. The Labute approximate surface area is 90.2 Å². The summed E-state index contributed by atoms with van der Waals surface area (Å²) in [7, 11) is 1.74. The number of nitrogens with zero attached hydrogens (tertiary/aromatic N) is 1. The van der Waals surface area contributed by atoms with Crippen LogP contribution < -0.4 is 0 Å². The third kappa shape index (κ3) is 2.01. The molecule has 1 saturated carbocycles. The van der Waals surface area contributed by atoms with Gasteiger partial charge in [0.1, 0.15) is 0 Å². The number of ether oxygens (including phenoxy) is 1. The molecule has 15 heavy (non-hydrogen) atoms. The van der Waals surface area contributed by atoms with Crippen LogP contribution in [0.4, 0.5) is 0 Å². The van der Waals surface area contributed by atoms with Gasteiger partial charge >= 0.3 is 5.97 Å². The van der Waals surface area contributed by atoms with E-state index in [1.807, 2.05) is 6.92 Å². The van der Waals surface area contributed by atoms with Crippen LogP contribution in [0.3, 0.4) is 0 Å². The SMILES string of the molecule is COC1CC(N2C[C@@H](C)[C@H](C(=O)O)C2)C1. The molecule has 2 rings (SSSR count). The molecule has 0 amide bonds. The van der Waals surface area contributed by atoms with E-state index < -0.39 is 5.97 Å². The Hall–Kier alpha value is -0.610. The molecule has 1 saturated heterocycles. The maximum Gasteiger partial charge on any atom is 0.308 e. The summed E-state index contributed by atoms with van der Waals surface area (Å²) in [4.78, 5) is 13.3. The van der Waals surface area contributed by atoms with Gasteiger partial charge in [0.25, 0.3) is 0 Å². The highest BCUT2D eigenvalue weighted by atomic mass is 16.5. The van der Waals surface area contributed by atoms with Crippen LogP contribution in [0.15, 0.2) is 0 Å². The summed E-state index contributed by atoms with van der Waals surface area (Å²) < 4.78 is 5.23. The van der Waals surface area contributed by atoms with E-state index in [1.165, 1.54) is 0 Å². The van der Waals surface area contributed by atoms with Gasteiger partial charge in [-0.2, -0.15) is 0 Å². The van der Waals surface area contributed by atoms with Crippen molar-refractivity contribution >= 4 is 5.97 Å². The minimum absolute atomic E-state index is 0.174. The fourth-order valence-corrected chi connectivity index (χ4v) is 2.65. The van der Waals surface area contributed by atoms with Gasteiger partial charge in [-0.15, -0.1) is 0 Å². The van der Waals surface area contributed by atoms with Crippen molar-refractivity contribution in [1.29, 1.82) is 0 Å². The van der Waals surface area contributed by atoms with Crippen molar-refractivity contribution in [2.24, 2.45) is 11.8 Å². The molecule has 1 N–H and O–H groups in total. The molecular formula is C11H19NO3. The average molecular weight is 213 g/mol. The fourth-order valence-electron chi connectivity index (χ4n) is 2.65. The normalized spacial score (nSPS) is 41.5. The molecule has 0 radical (unpaired) electrons. The van der Waals surface area contributed by atoms with E-state index in [1.54, 1.807) is 7.11 Å². The molecule has 0 aromatic heterocycles. The first kappa shape index (κ1) is 10.9. The molecule has 0 aromatic carbocycles. The molecular weight excluding hydrogens is 194 g/mol. The minimum atomic E-state index is -0.646. The number of hydrogen-bond donors (Lipinski definition) is 1. The molecule has 2 atom stereocenters. The van der Waals surface area contributed by atoms with E-state index in [-0.39, 0.29) is 11.8 Å². The maximum atomic E-state index is 11.0. The Morgan fingerprint density at radius 2 is 2.07 bits per heavy atom. The number of carbonyl (C=O) groups is 1. The number of aliphatic carboxylic acids is 1. The van der Waals surface area contributed by atoms with Crippen molar-refractivity contribution in [3.05, 3.63) is 0 Å². The van der Waals surface area contributed by atoms with E-state index in [2.05, 4.69) is 4.90 Å². The number of carboxylic acids is 1. The first-order chi connectivity index (χ1) is 7.11. The van der Waals surface area contributed by atoms with Crippen molar-refractivity contribution in [2.45, 2.75) is 31.9 Å². The van der Waals surface area contributed by atoms with E-state index >= 15 is 0 Å². The second-order valence-corrected chi connectivity index (χ2v) is 4.86. The Morgan fingerprint density at radius 3 is 2.53 bits per heavy atom. The summed E-state index contributed by atoms with van der Waals surface area (Å²) in [6.45, 7) is 3.68. The van der Waals surface area contributed by atoms with Gasteiger partial charge in [0.2, 0.25) is 0 Å². The highest BCUT2D eigenvalue weighted by molar-refractivity contribution is 5.71. The van der Waals surface area contributed by atoms with Crippen LogP contribution in [0.1, 0.15) is 19.8 Å². The summed E-state index contributed by atoms with van der Waals surface area (Å²) in [5.41, 5.74) is 0. The maximum absolute atomic E-state index is 11.0. The van der Waals surface area contributed by atoms with Crippen LogP contribution in [0.25, 0.3) is 0 Å². The summed E-state index contributed by atoms with van der Waals surface area (Å²) in [5.74, 6) is -0.539. The molecule has 86 valence electrons. The summed E-state index contributed by atoms with van der Waals surface area (Å²) in [5, 5.41) is 9.02. The van der Waals surface area contributed by atoms with Crippen LogP contribution in [0, 0.1) is 11.8 Å². The predicted molar refractivity (Wildman–Crippen MR) is 55.7 cm³/mol. The van der Waals surface area contributed by atoms with Gasteiger partial charge in [0.15, 0.2) is 0 Å². The predicted octanol–water partition coefficient (Wildman–Crippen LogP) is 0.816. The number of methoxy groups -OCH3 is 1. The van der Waals surface area contributed by atoms with Gasteiger partial charge in [-0.1, -0.05) is 6.92 Å². The summed E-state index contributed by atoms with van der Waals surface area (Å²) >= 11 is 0. The van der Waals surface area contributed by atoms with E-state index in [0.717, 1.165) is 25.9 Å². The molecule has 1 aliphatic heterocycles. The quantitative estimate of drug-likeness (QED) is 0.754. The van der Waals surface area contributed by atoms with Gasteiger partial charge < -0.3 is 9.84 Å². The van der Waals surface area contributed by atoms with E-state index in [4.69, 9.17) is 9.84 Å². The van der Waals surface area contributed by atoms with Crippen molar-refractivity contribution in [3.8, 4) is 0 Å². The lowest BCUT2D eigenvalue weighted by molar-refractivity contribution is -0.142. The molecule has 4 heteroatoms. The third-order valence-electron chi connectivity index (χ3n) is 3.88. The van der Waals surface area contributed by atoms with Gasteiger partial charge in [-0.3, -0.25) is 9.69 Å². The lowest BCUT2D eigenvalue weighted by Crippen LogP contribution is -2.47. The van der Waals surface area contributed by atoms with Gasteiger partial charge in [0.05, 0.1) is 12.0 Å². The van der Waals surface area contributed by atoms with Crippen molar-refractivity contribution in [2.75, 3.05) is 20.2 Å². The zero-order valence-corrected chi connectivity index (χ0v) is 9.35. The molecule has 0 bridgehead atoms. The van der Waals surface area contributed by atoms with Crippen LogP contribution in [-0.4, -0.2) is 48.3 Å². The molecule has 2 aliphatic rings. The summed E-state index contributed by atoms with van der Waals surface area (Å²) in [6, 6.07) is 0.557. The number of likely N-dealkylation sites (tertiary alicyclic amines) is 1. The van der Waals surface area contributed by atoms with Crippen molar-refractivity contribution < 1.29 is 14.6 Å². The largest absolute Gasteiger partial charge is 0.481 e. The van der Waals surface area contributed by atoms with Crippen molar-refractivity contribution in [3.63, 3.8) is 0 Å². The topological polar surface area (TPSA) is 49.8 Å². The minimum Gasteiger partial charge on any atom is -0.481 e. The molecule has 1 heterocycles. The monoisotopic (exact) mass is 213 g/mol. The third-order valence-corrected chi connectivity index (χ3v) is 3.88. The molecule has 1 aliphatic carbocycles. The van der Waals surface area contributed by atoms with Crippen molar-refractivity contribution in [1.82, 2.24) is 4.90 Å². The zero-order valence-electron chi connectivity index (χ0n) is 9.35. The molecule has 0 spiro atoms. The van der Waals surface area contributed by atoms with Crippen LogP contribution in [0.5, 0.6) is 0 Å².